The Morgan fingerprint density at radius 2 is 1.56 bits per heavy atom. The number of nitrogens with two attached hydrogens (primary N) is 3. The van der Waals surface area contributed by atoms with Crippen molar-refractivity contribution in [1.82, 2.24) is 0 Å². The van der Waals surface area contributed by atoms with Crippen LogP contribution in [0.4, 0.5) is 5.69 Å². The maximum atomic E-state index is 12.6. The summed E-state index contributed by atoms with van der Waals surface area (Å²) in [6.45, 7) is 9.67. The molecule has 13 nitrogen and oxygen atoms in total. The molecule has 252 valence electrons. The Morgan fingerprint density at radius 3 is 2.20 bits per heavy atom. The number of Topliss-reactive ketones (excluding diaryl/α,β-unsaturated/α-hetero) is 1. The van der Waals surface area contributed by atoms with Gasteiger partial charge in [0, 0.05) is 42.7 Å². The van der Waals surface area contributed by atoms with Crippen molar-refractivity contribution < 1.29 is 42.5 Å². The van der Waals surface area contributed by atoms with Gasteiger partial charge in [0.15, 0.2) is 17.1 Å². The zero-order valence-electron chi connectivity index (χ0n) is 27.3. The number of ether oxygens (including phenoxy) is 5. The van der Waals surface area contributed by atoms with Crippen LogP contribution in [-0.4, -0.2) is 62.3 Å². The maximum absolute atomic E-state index is 12.6. The number of nitrogen functional groups attached to an aromatic ring is 1. The van der Waals surface area contributed by atoms with E-state index in [0.29, 0.717) is 49.7 Å². The van der Waals surface area contributed by atoms with Crippen LogP contribution in [0.15, 0.2) is 21.3 Å². The normalized spacial score (nSPS) is 12.5. The van der Waals surface area contributed by atoms with Crippen LogP contribution < -0.4 is 32.3 Å². The van der Waals surface area contributed by atoms with Crippen LogP contribution in [0.3, 0.4) is 0 Å². The molecule has 0 amide bonds. The van der Waals surface area contributed by atoms with E-state index in [0.717, 1.165) is 0 Å². The largest absolute Gasteiger partial charge is 0.491 e. The van der Waals surface area contributed by atoms with Gasteiger partial charge in [-0.2, -0.15) is 0 Å². The van der Waals surface area contributed by atoms with Crippen molar-refractivity contribution in [3.8, 4) is 11.5 Å². The number of esters is 2. The molecule has 0 spiro atoms. The smallest absolute Gasteiger partial charge is 0.336 e. The van der Waals surface area contributed by atoms with Crippen molar-refractivity contribution in [2.45, 2.75) is 96.9 Å². The second kappa shape index (κ2) is 17.1. The van der Waals surface area contributed by atoms with E-state index in [1.807, 2.05) is 0 Å². The molecule has 2 aromatic rings. The predicted molar refractivity (Wildman–Crippen MR) is 169 cm³/mol. The Hall–Kier alpha value is -3.68. The first kappa shape index (κ1) is 37.5. The minimum atomic E-state index is -0.953. The molecule has 13 heteroatoms. The lowest BCUT2D eigenvalue weighted by molar-refractivity contribution is -0.161. The van der Waals surface area contributed by atoms with Crippen molar-refractivity contribution in [2.24, 2.45) is 11.5 Å². The van der Waals surface area contributed by atoms with E-state index < -0.39 is 34.9 Å². The van der Waals surface area contributed by atoms with Crippen molar-refractivity contribution >= 4 is 34.4 Å². The number of benzene rings is 1. The van der Waals surface area contributed by atoms with Gasteiger partial charge in [0.05, 0.1) is 26.0 Å². The highest BCUT2D eigenvalue weighted by Gasteiger charge is 2.30. The number of fused-ring (bicyclic) bond motifs is 1. The van der Waals surface area contributed by atoms with Gasteiger partial charge in [-0.25, -0.2) is 4.79 Å². The van der Waals surface area contributed by atoms with Gasteiger partial charge in [0.25, 0.3) is 0 Å². The van der Waals surface area contributed by atoms with Crippen LogP contribution in [0.2, 0.25) is 0 Å². The van der Waals surface area contributed by atoms with Gasteiger partial charge in [0.1, 0.15) is 17.3 Å². The first-order valence-corrected chi connectivity index (χ1v) is 15.2. The summed E-state index contributed by atoms with van der Waals surface area (Å²) in [5.41, 5.74) is 15.4. The number of anilines is 1. The molecule has 45 heavy (non-hydrogen) atoms. The summed E-state index contributed by atoms with van der Waals surface area (Å²) in [5.74, 6) is -0.678. The summed E-state index contributed by atoms with van der Waals surface area (Å²) in [6.07, 6.45) is 1.48. The maximum Gasteiger partial charge on any atom is 0.336 e. The molecule has 1 atom stereocenters. The lowest BCUT2D eigenvalue weighted by Crippen LogP contribution is -2.37. The third-order valence-corrected chi connectivity index (χ3v) is 7.15. The van der Waals surface area contributed by atoms with Crippen LogP contribution in [0.1, 0.15) is 91.2 Å². The Morgan fingerprint density at radius 1 is 0.911 bits per heavy atom. The highest BCUT2D eigenvalue weighted by atomic mass is 16.6. The highest BCUT2D eigenvalue weighted by molar-refractivity contribution is 5.93. The second-order valence-corrected chi connectivity index (χ2v) is 11.9. The van der Waals surface area contributed by atoms with E-state index in [9.17, 15) is 19.2 Å². The van der Waals surface area contributed by atoms with Crippen LogP contribution in [0, 0.1) is 0 Å². The van der Waals surface area contributed by atoms with Crippen LogP contribution in [-0.2, 0) is 28.6 Å². The van der Waals surface area contributed by atoms with E-state index >= 15 is 0 Å². The lowest BCUT2D eigenvalue weighted by Gasteiger charge is -2.29. The molecule has 0 saturated heterocycles. The minimum Gasteiger partial charge on any atom is -0.491 e. The van der Waals surface area contributed by atoms with Crippen molar-refractivity contribution in [3.63, 3.8) is 0 Å². The summed E-state index contributed by atoms with van der Waals surface area (Å²) < 4.78 is 33.8. The third-order valence-electron chi connectivity index (χ3n) is 7.15. The monoisotopic (exact) mass is 635 g/mol. The fourth-order valence-electron chi connectivity index (χ4n) is 4.53. The van der Waals surface area contributed by atoms with E-state index in [1.54, 1.807) is 40.7 Å². The molecule has 1 heterocycles. The van der Waals surface area contributed by atoms with E-state index in [1.165, 1.54) is 13.2 Å². The standard InChI is InChI=1S/C32H49N3O10/c1-20(43-25(37)11-8-15-34)21-19-27(39)44-28-22(21)18-23(35)29(40-6)30(28)41-16-9-12-26(38)45-31(2,3)13-17-42-32(4,5)24(36)10-7-14-33/h18-20H,7-17,33-35H2,1-6H3. The molecular formula is C32H49N3O10. The fourth-order valence-corrected chi connectivity index (χ4v) is 4.53. The van der Waals surface area contributed by atoms with E-state index in [4.69, 9.17) is 45.3 Å². The zero-order valence-corrected chi connectivity index (χ0v) is 27.3. The second-order valence-electron chi connectivity index (χ2n) is 11.9. The topological polar surface area (TPSA) is 206 Å². The predicted octanol–water partition coefficient (Wildman–Crippen LogP) is 3.70. The Labute approximate surface area is 264 Å². The molecule has 1 unspecified atom stereocenters. The van der Waals surface area contributed by atoms with Gasteiger partial charge in [-0.15, -0.1) is 0 Å². The summed E-state index contributed by atoms with van der Waals surface area (Å²) in [6, 6.07) is 2.80. The molecule has 0 aliphatic rings. The quantitative estimate of drug-likeness (QED) is 0.0822. The Balaban J connectivity index is 2.05. The van der Waals surface area contributed by atoms with E-state index in [2.05, 4.69) is 0 Å². The van der Waals surface area contributed by atoms with Gasteiger partial charge in [0.2, 0.25) is 5.75 Å². The number of hydrogen-bond donors (Lipinski definition) is 3. The molecule has 1 aromatic heterocycles. The summed E-state index contributed by atoms with van der Waals surface area (Å²) in [7, 11) is 1.40. The van der Waals surface area contributed by atoms with Crippen LogP contribution in [0.5, 0.6) is 11.5 Å². The number of rotatable bonds is 20. The molecule has 0 aliphatic carbocycles. The molecule has 2 rings (SSSR count). The lowest BCUT2D eigenvalue weighted by atomic mass is 9.99. The van der Waals surface area contributed by atoms with Crippen LogP contribution >= 0.6 is 0 Å². The number of methoxy groups -OCH3 is 1. The van der Waals surface area contributed by atoms with Crippen molar-refractivity contribution in [2.75, 3.05) is 39.1 Å². The average molecular weight is 636 g/mol. The van der Waals surface area contributed by atoms with Crippen molar-refractivity contribution in [3.05, 3.63) is 28.1 Å². The summed E-state index contributed by atoms with van der Waals surface area (Å²) >= 11 is 0. The minimum absolute atomic E-state index is 0.0286. The van der Waals surface area contributed by atoms with Gasteiger partial charge >= 0.3 is 17.6 Å². The number of hydrogen-bond acceptors (Lipinski definition) is 13. The molecule has 1 aromatic carbocycles. The fraction of sp³-hybridized carbons (Fsp3) is 0.625. The van der Waals surface area contributed by atoms with Crippen molar-refractivity contribution in [1.29, 1.82) is 0 Å². The Kier molecular flexibility index (Phi) is 14.3. The van der Waals surface area contributed by atoms with Gasteiger partial charge in [-0.1, -0.05) is 0 Å². The molecule has 0 aliphatic heterocycles. The van der Waals surface area contributed by atoms with Crippen LogP contribution in [0.25, 0.3) is 11.0 Å². The first-order chi connectivity index (χ1) is 21.2. The van der Waals surface area contributed by atoms with Gasteiger partial charge < -0.3 is 45.3 Å². The molecule has 0 saturated carbocycles. The number of carbonyl (C=O) groups is 3. The summed E-state index contributed by atoms with van der Waals surface area (Å²) in [4.78, 5) is 49.7. The molecule has 0 bridgehead atoms. The van der Waals surface area contributed by atoms with E-state index in [-0.39, 0.29) is 61.0 Å². The SMILES string of the molecule is COc1c(N)cc2c(C(C)OC(=O)CCCN)cc(=O)oc2c1OCCCC(=O)OC(C)(C)CCOC(C)(C)C(=O)CCCN. The molecule has 6 N–H and O–H groups in total. The molecule has 0 fully saturated rings. The van der Waals surface area contributed by atoms with Gasteiger partial charge in [-0.3, -0.25) is 14.4 Å². The Bertz CT molecular complexity index is 1370. The average Bonchev–Trinajstić information content (AvgIpc) is 2.96. The zero-order chi connectivity index (χ0) is 33.8. The number of ketones is 1. The molecule has 0 radical (unpaired) electrons. The number of carbonyl (C=O) groups excluding carboxylic acids is 3. The highest BCUT2D eigenvalue weighted by Crippen LogP contribution is 2.42. The first-order valence-electron chi connectivity index (χ1n) is 15.2. The third kappa shape index (κ3) is 11.3. The summed E-state index contributed by atoms with van der Waals surface area (Å²) in [5, 5.41) is 0.412. The van der Waals surface area contributed by atoms with Gasteiger partial charge in [-0.05, 0) is 73.0 Å². The molecular weight excluding hydrogens is 586 g/mol.